The minimum absolute atomic E-state index is 0.0588. The summed E-state index contributed by atoms with van der Waals surface area (Å²) in [4.78, 5) is 21.7. The zero-order valence-electron chi connectivity index (χ0n) is 8.34. The van der Waals surface area contributed by atoms with Gasteiger partial charge in [0.15, 0.2) is 0 Å². The summed E-state index contributed by atoms with van der Waals surface area (Å²) in [5.41, 5.74) is 4.87. The van der Waals surface area contributed by atoms with Crippen LogP contribution in [0.2, 0.25) is 0 Å². The molecule has 0 fully saturated rings. The summed E-state index contributed by atoms with van der Waals surface area (Å²) < 4.78 is 26.1. The highest BCUT2D eigenvalue weighted by atomic mass is 32.2. The van der Waals surface area contributed by atoms with Crippen LogP contribution in [0, 0.1) is 0 Å². The van der Waals surface area contributed by atoms with Gasteiger partial charge in [-0.2, -0.15) is 8.42 Å². The van der Waals surface area contributed by atoms with Crippen LogP contribution >= 0.6 is 0 Å². The number of carbonyl (C=O) groups is 2. The molecule has 0 bridgehead atoms. The summed E-state index contributed by atoms with van der Waals surface area (Å²) in [5.74, 6) is -1.86. The molecular formula is C9H9NO5S. The summed E-state index contributed by atoms with van der Waals surface area (Å²) in [6, 6.07) is 5.04. The van der Waals surface area contributed by atoms with Gasteiger partial charge in [-0.25, -0.2) is 0 Å². The second-order valence-corrected chi connectivity index (χ2v) is 4.58. The zero-order chi connectivity index (χ0) is 12.3. The zero-order valence-corrected chi connectivity index (χ0v) is 9.15. The van der Waals surface area contributed by atoms with Crippen molar-refractivity contribution in [2.75, 3.05) is 6.26 Å². The van der Waals surface area contributed by atoms with Crippen molar-refractivity contribution >= 4 is 21.8 Å². The standard InChI is InChI=1S/C9H9NO5S/c1-16(13,14)15-7-4-2-6(3-5-7)8(11)9(10)12/h2-5H,1H3,(H2,10,12). The summed E-state index contributed by atoms with van der Waals surface area (Å²) in [5, 5.41) is 0. The van der Waals surface area contributed by atoms with E-state index >= 15 is 0 Å². The first-order valence-electron chi connectivity index (χ1n) is 4.13. The van der Waals surface area contributed by atoms with Crippen LogP contribution in [0.3, 0.4) is 0 Å². The molecule has 1 rings (SSSR count). The summed E-state index contributed by atoms with van der Waals surface area (Å²) >= 11 is 0. The number of ketones is 1. The van der Waals surface area contributed by atoms with E-state index in [1.807, 2.05) is 0 Å². The van der Waals surface area contributed by atoms with Crippen LogP contribution in [0.15, 0.2) is 24.3 Å². The summed E-state index contributed by atoms with van der Waals surface area (Å²) in [7, 11) is -3.60. The molecule has 2 N–H and O–H groups in total. The predicted molar refractivity (Wildman–Crippen MR) is 55.4 cm³/mol. The topological polar surface area (TPSA) is 104 Å². The Kier molecular flexibility index (Phi) is 3.28. The minimum atomic E-state index is -3.60. The van der Waals surface area contributed by atoms with E-state index < -0.39 is 21.8 Å². The average molecular weight is 243 g/mol. The van der Waals surface area contributed by atoms with Crippen molar-refractivity contribution in [1.29, 1.82) is 0 Å². The number of primary amides is 1. The normalized spacial score (nSPS) is 10.8. The molecule has 6 nitrogen and oxygen atoms in total. The summed E-state index contributed by atoms with van der Waals surface area (Å²) in [6.45, 7) is 0. The number of benzene rings is 1. The molecule has 16 heavy (non-hydrogen) atoms. The fraction of sp³-hybridized carbons (Fsp3) is 0.111. The predicted octanol–water partition coefficient (Wildman–Crippen LogP) is -0.307. The van der Waals surface area contributed by atoms with Crippen LogP contribution in [-0.2, 0) is 14.9 Å². The van der Waals surface area contributed by atoms with Crippen molar-refractivity contribution in [1.82, 2.24) is 0 Å². The third-order valence-corrected chi connectivity index (χ3v) is 2.08. The van der Waals surface area contributed by atoms with E-state index in [9.17, 15) is 18.0 Å². The van der Waals surface area contributed by atoms with Gasteiger partial charge in [-0.1, -0.05) is 0 Å². The van der Waals surface area contributed by atoms with Gasteiger partial charge in [0.1, 0.15) is 5.75 Å². The van der Waals surface area contributed by atoms with E-state index in [-0.39, 0.29) is 11.3 Å². The number of hydrogen-bond acceptors (Lipinski definition) is 5. The molecule has 0 aliphatic rings. The first kappa shape index (κ1) is 12.2. The van der Waals surface area contributed by atoms with Crippen molar-refractivity contribution in [2.45, 2.75) is 0 Å². The molecule has 0 spiro atoms. The Bertz CT molecular complexity index is 517. The van der Waals surface area contributed by atoms with E-state index in [0.29, 0.717) is 0 Å². The fourth-order valence-corrected chi connectivity index (χ4v) is 1.44. The van der Waals surface area contributed by atoms with E-state index in [0.717, 1.165) is 6.26 Å². The van der Waals surface area contributed by atoms with Crippen molar-refractivity contribution in [3.63, 3.8) is 0 Å². The molecular weight excluding hydrogens is 234 g/mol. The molecule has 0 atom stereocenters. The van der Waals surface area contributed by atoms with Crippen molar-refractivity contribution in [2.24, 2.45) is 5.73 Å². The van der Waals surface area contributed by atoms with Crippen molar-refractivity contribution in [3.05, 3.63) is 29.8 Å². The third-order valence-electron chi connectivity index (χ3n) is 1.59. The smallest absolute Gasteiger partial charge is 0.306 e. The molecule has 0 heterocycles. The highest BCUT2D eigenvalue weighted by Gasteiger charge is 2.12. The Balaban J connectivity index is 2.92. The quantitative estimate of drug-likeness (QED) is 0.444. The third kappa shape index (κ3) is 3.35. The number of rotatable bonds is 4. The summed E-state index contributed by atoms with van der Waals surface area (Å²) in [6.07, 6.45) is 0.898. The van der Waals surface area contributed by atoms with E-state index in [4.69, 9.17) is 5.73 Å². The van der Waals surface area contributed by atoms with Gasteiger partial charge in [-0.3, -0.25) is 9.59 Å². The number of carbonyl (C=O) groups excluding carboxylic acids is 2. The maximum Gasteiger partial charge on any atom is 0.306 e. The van der Waals surface area contributed by atoms with Crippen LogP contribution in [0.5, 0.6) is 5.75 Å². The Hall–Kier alpha value is -1.89. The molecule has 0 radical (unpaired) electrons. The highest BCUT2D eigenvalue weighted by Crippen LogP contribution is 2.14. The van der Waals surface area contributed by atoms with Gasteiger partial charge in [-0.15, -0.1) is 0 Å². The van der Waals surface area contributed by atoms with Gasteiger partial charge in [0.25, 0.3) is 5.91 Å². The molecule has 0 saturated carbocycles. The highest BCUT2D eigenvalue weighted by molar-refractivity contribution is 7.86. The lowest BCUT2D eigenvalue weighted by Crippen LogP contribution is -2.22. The second kappa shape index (κ2) is 4.31. The number of amides is 1. The number of hydrogen-bond donors (Lipinski definition) is 1. The van der Waals surface area contributed by atoms with Gasteiger partial charge >= 0.3 is 10.1 Å². The number of Topliss-reactive ketones (excluding diaryl/α,β-unsaturated/α-hetero) is 1. The molecule has 0 aliphatic carbocycles. The second-order valence-electron chi connectivity index (χ2n) is 3.01. The molecule has 0 aromatic heterocycles. The first-order chi connectivity index (χ1) is 7.29. The van der Waals surface area contributed by atoms with Crippen molar-refractivity contribution < 1.29 is 22.2 Å². The lowest BCUT2D eigenvalue weighted by atomic mass is 10.1. The first-order valence-corrected chi connectivity index (χ1v) is 5.95. The molecule has 1 aromatic rings. The van der Waals surface area contributed by atoms with Gasteiger partial charge in [-0.05, 0) is 24.3 Å². The maximum atomic E-state index is 11.1. The fourth-order valence-electron chi connectivity index (χ4n) is 0.979. The van der Waals surface area contributed by atoms with Gasteiger partial charge < -0.3 is 9.92 Å². The van der Waals surface area contributed by atoms with E-state index in [1.54, 1.807) is 0 Å². The van der Waals surface area contributed by atoms with Crippen LogP contribution in [0.25, 0.3) is 0 Å². The van der Waals surface area contributed by atoms with E-state index in [1.165, 1.54) is 24.3 Å². The molecule has 1 aromatic carbocycles. The minimum Gasteiger partial charge on any atom is -0.383 e. The molecule has 86 valence electrons. The van der Waals surface area contributed by atoms with Gasteiger partial charge in [0, 0.05) is 5.56 Å². The monoisotopic (exact) mass is 243 g/mol. The van der Waals surface area contributed by atoms with Gasteiger partial charge in [0.2, 0.25) is 5.78 Å². The Morgan fingerprint density at radius 1 is 1.19 bits per heavy atom. The Morgan fingerprint density at radius 2 is 1.69 bits per heavy atom. The van der Waals surface area contributed by atoms with Crippen LogP contribution in [0.1, 0.15) is 10.4 Å². The largest absolute Gasteiger partial charge is 0.383 e. The lowest BCUT2D eigenvalue weighted by molar-refractivity contribution is -0.114. The van der Waals surface area contributed by atoms with Crippen LogP contribution < -0.4 is 9.92 Å². The Morgan fingerprint density at radius 3 is 2.06 bits per heavy atom. The molecule has 0 aliphatic heterocycles. The lowest BCUT2D eigenvalue weighted by Gasteiger charge is -2.02. The molecule has 1 amide bonds. The number of nitrogens with two attached hydrogens (primary N) is 1. The average Bonchev–Trinajstić information content (AvgIpc) is 2.15. The van der Waals surface area contributed by atoms with Crippen molar-refractivity contribution in [3.8, 4) is 5.75 Å². The molecule has 7 heteroatoms. The van der Waals surface area contributed by atoms with Crippen LogP contribution in [-0.4, -0.2) is 26.4 Å². The maximum absolute atomic E-state index is 11.1. The molecule has 0 saturated heterocycles. The van der Waals surface area contributed by atoms with E-state index in [2.05, 4.69) is 4.18 Å². The SMILES string of the molecule is CS(=O)(=O)Oc1ccc(C(=O)C(N)=O)cc1. The molecule has 0 unspecified atom stereocenters. The Labute approximate surface area is 92.1 Å². The van der Waals surface area contributed by atoms with Crippen LogP contribution in [0.4, 0.5) is 0 Å². The van der Waals surface area contributed by atoms with Gasteiger partial charge in [0.05, 0.1) is 6.26 Å².